The first-order valence-corrected chi connectivity index (χ1v) is 12.5. The lowest BCUT2D eigenvalue weighted by Gasteiger charge is -2.32. The Balaban J connectivity index is 2.45. The minimum atomic E-state index is -3.74. The minimum Gasteiger partial charge on any atom is -0.355 e. The van der Waals surface area contributed by atoms with E-state index in [1.54, 1.807) is 19.9 Å². The lowest BCUT2D eigenvalue weighted by molar-refractivity contribution is -0.139. The van der Waals surface area contributed by atoms with Gasteiger partial charge < -0.3 is 10.2 Å². The van der Waals surface area contributed by atoms with Gasteiger partial charge in [0.05, 0.1) is 11.9 Å². The number of hydrogen-bond acceptors (Lipinski definition) is 4. The molecule has 2 aromatic carbocycles. The van der Waals surface area contributed by atoms with Crippen LogP contribution in [0.2, 0.25) is 0 Å². The first-order valence-electron chi connectivity index (χ1n) is 10.6. The number of carbonyl (C=O) groups excluding carboxylic acids is 2. The third kappa shape index (κ3) is 6.32. The summed E-state index contributed by atoms with van der Waals surface area (Å²) >= 11 is 0. The Morgan fingerprint density at radius 2 is 1.69 bits per heavy atom. The second-order valence-electron chi connectivity index (χ2n) is 8.08. The predicted molar refractivity (Wildman–Crippen MR) is 128 cm³/mol. The van der Waals surface area contributed by atoms with Crippen LogP contribution in [0.1, 0.15) is 36.1 Å². The number of nitrogens with zero attached hydrogens (tertiary/aromatic N) is 2. The standard InChI is InChI=1S/C24H33N3O4S/c1-7-25-24(29)20(5)26(15-21-11-9-8-10-18(21)3)23(28)16-27(32(6,30)31)22-14-17(2)12-13-19(22)4/h8-14,20H,7,15-16H2,1-6H3,(H,25,29)/t20-/m0/s1. The van der Waals surface area contributed by atoms with E-state index in [0.29, 0.717) is 12.2 Å². The molecule has 0 aromatic heterocycles. The maximum Gasteiger partial charge on any atom is 0.244 e. The van der Waals surface area contributed by atoms with Gasteiger partial charge in [-0.2, -0.15) is 0 Å². The molecule has 2 rings (SSSR count). The molecule has 174 valence electrons. The predicted octanol–water partition coefficient (Wildman–Crippen LogP) is 2.93. The highest BCUT2D eigenvalue weighted by molar-refractivity contribution is 7.92. The van der Waals surface area contributed by atoms with E-state index in [0.717, 1.165) is 32.8 Å². The number of likely N-dealkylation sites (N-methyl/N-ethyl adjacent to an activating group) is 1. The Morgan fingerprint density at radius 3 is 2.28 bits per heavy atom. The van der Waals surface area contributed by atoms with Crippen LogP contribution >= 0.6 is 0 Å². The topological polar surface area (TPSA) is 86.8 Å². The van der Waals surface area contributed by atoms with E-state index in [4.69, 9.17) is 0 Å². The van der Waals surface area contributed by atoms with Crippen molar-refractivity contribution in [3.05, 3.63) is 64.7 Å². The van der Waals surface area contributed by atoms with Crippen LogP contribution in [0.5, 0.6) is 0 Å². The second-order valence-corrected chi connectivity index (χ2v) is 9.99. The molecule has 7 nitrogen and oxygen atoms in total. The minimum absolute atomic E-state index is 0.203. The fourth-order valence-electron chi connectivity index (χ4n) is 3.46. The van der Waals surface area contributed by atoms with E-state index >= 15 is 0 Å². The molecule has 1 N–H and O–H groups in total. The summed E-state index contributed by atoms with van der Waals surface area (Å²) in [6.45, 7) is 9.33. The molecule has 0 saturated heterocycles. The average molecular weight is 460 g/mol. The van der Waals surface area contributed by atoms with E-state index in [9.17, 15) is 18.0 Å². The van der Waals surface area contributed by atoms with Gasteiger partial charge in [-0.3, -0.25) is 13.9 Å². The molecule has 0 saturated carbocycles. The summed E-state index contributed by atoms with van der Waals surface area (Å²) in [5.41, 5.74) is 3.98. The number of benzene rings is 2. The quantitative estimate of drug-likeness (QED) is 0.625. The summed E-state index contributed by atoms with van der Waals surface area (Å²) in [5, 5.41) is 2.75. The Morgan fingerprint density at radius 1 is 1.03 bits per heavy atom. The molecule has 0 aliphatic rings. The van der Waals surface area contributed by atoms with Crippen molar-refractivity contribution in [3.8, 4) is 0 Å². The lowest BCUT2D eigenvalue weighted by Crippen LogP contribution is -2.51. The molecular weight excluding hydrogens is 426 g/mol. The van der Waals surface area contributed by atoms with Crippen molar-refractivity contribution >= 4 is 27.5 Å². The Labute approximate surface area is 191 Å². The van der Waals surface area contributed by atoms with E-state index in [-0.39, 0.29) is 12.5 Å². The van der Waals surface area contributed by atoms with Crippen LogP contribution in [-0.4, -0.2) is 50.5 Å². The molecular formula is C24H33N3O4S. The molecule has 0 unspecified atom stereocenters. The average Bonchev–Trinajstić information content (AvgIpc) is 2.72. The number of anilines is 1. The molecule has 0 fully saturated rings. The number of aryl methyl sites for hydroxylation is 3. The van der Waals surface area contributed by atoms with Crippen molar-refractivity contribution in [1.82, 2.24) is 10.2 Å². The van der Waals surface area contributed by atoms with Crippen LogP contribution < -0.4 is 9.62 Å². The van der Waals surface area contributed by atoms with E-state index in [1.165, 1.54) is 4.90 Å². The zero-order chi connectivity index (χ0) is 24.1. The highest BCUT2D eigenvalue weighted by Crippen LogP contribution is 2.24. The number of rotatable bonds is 9. The lowest BCUT2D eigenvalue weighted by atomic mass is 10.1. The second kappa shape index (κ2) is 10.6. The van der Waals surface area contributed by atoms with Gasteiger partial charge in [-0.25, -0.2) is 8.42 Å². The van der Waals surface area contributed by atoms with Crippen LogP contribution in [0.25, 0.3) is 0 Å². The van der Waals surface area contributed by atoms with Gasteiger partial charge >= 0.3 is 0 Å². The van der Waals surface area contributed by atoms with Gasteiger partial charge in [0.15, 0.2) is 0 Å². The highest BCUT2D eigenvalue weighted by Gasteiger charge is 2.30. The van der Waals surface area contributed by atoms with Gasteiger partial charge in [0, 0.05) is 13.1 Å². The van der Waals surface area contributed by atoms with Crippen LogP contribution in [0.15, 0.2) is 42.5 Å². The van der Waals surface area contributed by atoms with Gasteiger partial charge in [0.1, 0.15) is 12.6 Å². The molecule has 0 heterocycles. The Kier molecular flexibility index (Phi) is 8.44. The number of hydrogen-bond donors (Lipinski definition) is 1. The maximum atomic E-state index is 13.5. The first-order chi connectivity index (χ1) is 15.0. The van der Waals surface area contributed by atoms with E-state index in [2.05, 4.69) is 5.32 Å². The zero-order valence-corrected chi connectivity index (χ0v) is 20.5. The van der Waals surface area contributed by atoms with Crippen LogP contribution in [0.3, 0.4) is 0 Å². The molecule has 8 heteroatoms. The number of sulfonamides is 1. The smallest absolute Gasteiger partial charge is 0.244 e. The molecule has 2 amide bonds. The molecule has 32 heavy (non-hydrogen) atoms. The van der Waals surface area contributed by atoms with Crippen molar-refractivity contribution < 1.29 is 18.0 Å². The van der Waals surface area contributed by atoms with E-state index in [1.807, 2.05) is 57.2 Å². The summed E-state index contributed by atoms with van der Waals surface area (Å²) in [6, 6.07) is 12.3. The molecule has 0 bridgehead atoms. The van der Waals surface area contributed by atoms with E-state index < -0.39 is 28.5 Å². The van der Waals surface area contributed by atoms with Gasteiger partial charge in [0.25, 0.3) is 0 Å². The zero-order valence-electron chi connectivity index (χ0n) is 19.7. The van der Waals surface area contributed by atoms with Crippen molar-refractivity contribution in [3.63, 3.8) is 0 Å². The maximum absolute atomic E-state index is 13.5. The van der Waals surface area contributed by atoms with Crippen molar-refractivity contribution in [1.29, 1.82) is 0 Å². The molecule has 0 aliphatic heterocycles. The van der Waals surface area contributed by atoms with Gasteiger partial charge in [-0.1, -0.05) is 36.4 Å². The third-order valence-corrected chi connectivity index (χ3v) is 6.56. The Bertz CT molecular complexity index is 1080. The van der Waals surface area contributed by atoms with Crippen molar-refractivity contribution in [2.75, 3.05) is 23.7 Å². The normalized spacial score (nSPS) is 12.2. The SMILES string of the molecule is CCNC(=O)[C@H](C)N(Cc1ccccc1C)C(=O)CN(c1cc(C)ccc1C)S(C)(=O)=O. The molecule has 0 spiro atoms. The van der Waals surface area contributed by atoms with Crippen LogP contribution in [-0.2, 0) is 26.2 Å². The van der Waals surface area contributed by atoms with Crippen LogP contribution in [0.4, 0.5) is 5.69 Å². The molecule has 0 aliphatic carbocycles. The summed E-state index contributed by atoms with van der Waals surface area (Å²) in [6.07, 6.45) is 1.08. The van der Waals surface area contributed by atoms with Crippen molar-refractivity contribution in [2.45, 2.75) is 47.2 Å². The fourth-order valence-corrected chi connectivity index (χ4v) is 4.36. The highest BCUT2D eigenvalue weighted by atomic mass is 32.2. The molecule has 0 radical (unpaired) electrons. The Hall–Kier alpha value is -2.87. The number of amides is 2. The van der Waals surface area contributed by atoms with Crippen molar-refractivity contribution in [2.24, 2.45) is 0 Å². The van der Waals surface area contributed by atoms with Gasteiger partial charge in [-0.15, -0.1) is 0 Å². The molecule has 1 atom stereocenters. The summed E-state index contributed by atoms with van der Waals surface area (Å²) in [5.74, 6) is -0.731. The monoisotopic (exact) mass is 459 g/mol. The fraction of sp³-hybridized carbons (Fsp3) is 0.417. The van der Waals surface area contributed by atoms with Gasteiger partial charge in [-0.05, 0) is 62.9 Å². The third-order valence-electron chi connectivity index (χ3n) is 5.43. The van der Waals surface area contributed by atoms with Gasteiger partial charge in [0.2, 0.25) is 21.8 Å². The summed E-state index contributed by atoms with van der Waals surface area (Å²) < 4.78 is 26.4. The first kappa shape index (κ1) is 25.4. The largest absolute Gasteiger partial charge is 0.355 e. The summed E-state index contributed by atoms with van der Waals surface area (Å²) in [7, 11) is -3.74. The van der Waals surface area contributed by atoms with Crippen LogP contribution in [0, 0.1) is 20.8 Å². The summed E-state index contributed by atoms with van der Waals surface area (Å²) in [4.78, 5) is 27.5. The molecule has 2 aromatic rings. The number of carbonyl (C=O) groups is 2. The number of nitrogens with one attached hydrogen (secondary N) is 1.